The van der Waals surface area contributed by atoms with Crippen molar-refractivity contribution in [3.05, 3.63) is 477 Å². The summed E-state index contributed by atoms with van der Waals surface area (Å²) in [5.74, 6) is 0. The van der Waals surface area contributed by atoms with E-state index < -0.39 is 0 Å². The summed E-state index contributed by atoms with van der Waals surface area (Å²) in [7, 11) is 0. The molecule has 0 saturated carbocycles. The zero-order valence-corrected chi connectivity index (χ0v) is 79.6. The number of aryl methyl sites for hydroxylation is 2. The Balaban J connectivity index is 0.000000116. The van der Waals surface area contributed by atoms with Gasteiger partial charge in [0.15, 0.2) is 0 Å². The van der Waals surface area contributed by atoms with Gasteiger partial charge in [0.2, 0.25) is 0 Å². The third-order valence-electron chi connectivity index (χ3n) is 28.6. The summed E-state index contributed by atoms with van der Waals surface area (Å²) < 4.78 is 7.17. The van der Waals surface area contributed by atoms with Crippen LogP contribution in [0.2, 0.25) is 0 Å². The summed E-state index contributed by atoms with van der Waals surface area (Å²) in [6.45, 7) is 25.0. The number of benzene rings is 22. The molecule has 25 aromatic rings. The molecule has 3 nitrogen and oxygen atoms in total. The predicted octanol–water partition coefficient (Wildman–Crippen LogP) is 37.4. The van der Waals surface area contributed by atoms with Crippen LogP contribution in [-0.2, 0) is 16.2 Å². The van der Waals surface area contributed by atoms with Crippen LogP contribution in [0.4, 0.5) is 0 Å². The number of rotatable bonds is 10. The summed E-state index contributed by atoms with van der Waals surface area (Å²) >= 11 is 0. The molecule has 137 heavy (non-hydrogen) atoms. The molecule has 22 aromatic carbocycles. The van der Waals surface area contributed by atoms with Gasteiger partial charge < -0.3 is 13.7 Å². The van der Waals surface area contributed by atoms with Crippen LogP contribution in [0.15, 0.2) is 449 Å². The Hall–Kier alpha value is -16.2. The first-order valence-corrected chi connectivity index (χ1v) is 48.3. The summed E-state index contributed by atoms with van der Waals surface area (Å²) in [5, 5.41) is 23.1. The average Bonchev–Trinajstić information content (AvgIpc) is 1.51. The summed E-state index contributed by atoms with van der Waals surface area (Å²) in [6, 6.07) is 166. The maximum atomic E-state index is 2.44. The first kappa shape index (κ1) is 85.0. The van der Waals surface area contributed by atoms with Gasteiger partial charge in [-0.25, -0.2) is 0 Å². The Labute approximate surface area is 802 Å². The molecule has 3 heteroatoms. The van der Waals surface area contributed by atoms with Gasteiger partial charge in [-0.15, -0.1) is 0 Å². The third-order valence-corrected chi connectivity index (χ3v) is 28.6. The highest BCUT2D eigenvalue weighted by Crippen LogP contribution is 2.51. The lowest BCUT2D eigenvalue weighted by molar-refractivity contribution is 0.590. The van der Waals surface area contributed by atoms with Crippen molar-refractivity contribution in [2.45, 2.75) is 92.4 Å². The molecule has 0 spiro atoms. The van der Waals surface area contributed by atoms with Crippen molar-refractivity contribution in [2.75, 3.05) is 0 Å². The molecular formula is C134H107N3. The number of hydrogen-bond acceptors (Lipinski definition) is 0. The monoisotopic (exact) mass is 1760 g/mol. The SMILES string of the molecule is CC(C)(C)c1ccc2c(-c3ccc(-n4c5ccccc5c5ccccc54)cc3)c3ccccc3c(-c3ccc(-c4ccccc4)cc3)c2c1.Cc1ccc(-c2c3ccccc3c(-c3ccc(-n4c5ccccc5c5ccccc54)cc3)c3ccc(C(C)(C)C)cc23)cc1.Cc1ccc2c(-c3ccc(-n4c5ccccc5c5ccccc54)cc3)c3ccccc3c(-c3ccc(C(C)(C)C)cc3)c2c1. The quantitative estimate of drug-likeness (QED) is 0.121. The molecule has 658 valence electrons. The molecular weight excluding hydrogens is 1650 g/mol. The van der Waals surface area contributed by atoms with Gasteiger partial charge in [0.1, 0.15) is 0 Å². The van der Waals surface area contributed by atoms with Crippen LogP contribution in [0.3, 0.4) is 0 Å². The van der Waals surface area contributed by atoms with Crippen LogP contribution in [-0.4, -0.2) is 13.7 Å². The van der Waals surface area contributed by atoms with E-state index in [2.05, 4.69) is 539 Å². The van der Waals surface area contributed by atoms with Crippen molar-refractivity contribution in [1.82, 2.24) is 13.7 Å². The molecule has 0 aliphatic carbocycles. The van der Waals surface area contributed by atoms with E-state index in [-0.39, 0.29) is 16.2 Å². The molecule has 0 saturated heterocycles. The van der Waals surface area contributed by atoms with E-state index in [0.29, 0.717) is 0 Å². The van der Waals surface area contributed by atoms with E-state index in [1.807, 2.05) is 0 Å². The molecule has 0 N–H and O–H groups in total. The second-order valence-electron chi connectivity index (χ2n) is 40.3. The number of para-hydroxylation sites is 6. The highest BCUT2D eigenvalue weighted by molar-refractivity contribution is 6.25. The van der Waals surface area contributed by atoms with Crippen LogP contribution in [0, 0.1) is 13.8 Å². The second-order valence-corrected chi connectivity index (χ2v) is 40.3. The Morgan fingerprint density at radius 1 is 0.139 bits per heavy atom. The summed E-state index contributed by atoms with van der Waals surface area (Å²) in [4.78, 5) is 0. The van der Waals surface area contributed by atoms with Gasteiger partial charge in [-0.2, -0.15) is 0 Å². The molecule has 25 rings (SSSR count). The van der Waals surface area contributed by atoms with Crippen molar-refractivity contribution in [1.29, 1.82) is 0 Å². The molecule has 3 aromatic heterocycles. The molecule has 0 radical (unpaired) electrons. The van der Waals surface area contributed by atoms with Gasteiger partial charge in [-0.3, -0.25) is 0 Å². The Morgan fingerprint density at radius 2 is 0.328 bits per heavy atom. The zero-order chi connectivity index (χ0) is 93.1. The minimum Gasteiger partial charge on any atom is -0.309 e. The molecule has 0 amide bonds. The Kier molecular flexibility index (Phi) is 21.1. The largest absolute Gasteiger partial charge is 0.309 e. The lowest BCUT2D eigenvalue weighted by Crippen LogP contribution is -2.10. The minimum atomic E-state index is 0.0262. The van der Waals surface area contributed by atoms with Crippen molar-refractivity contribution in [3.8, 4) is 95.0 Å². The minimum absolute atomic E-state index is 0.0262. The topological polar surface area (TPSA) is 14.8 Å². The van der Waals surface area contributed by atoms with E-state index in [1.54, 1.807) is 0 Å². The molecule has 0 unspecified atom stereocenters. The van der Waals surface area contributed by atoms with Crippen LogP contribution < -0.4 is 0 Å². The third kappa shape index (κ3) is 15.1. The maximum Gasteiger partial charge on any atom is 0.0541 e. The lowest BCUT2D eigenvalue weighted by Gasteiger charge is -2.23. The molecule has 0 aliphatic heterocycles. The standard InChI is InChI=1S/C48H37N.2C43H35N/c1-48(2,3)36-27-30-42-43(31-36)47(34-23-21-33(22-24-34)32-13-5-4-6-14-32)41-18-8-7-17-40(41)46(42)35-25-28-37(29-26-35)49-44-19-11-9-15-38(44)39-16-10-12-20-45(39)49;1-28-17-26-37-38(27-28)42(29-18-22-31(23-19-29)43(2,3)4)36-14-6-5-13-35(36)41(37)30-20-24-32(25-21-30)44-39-15-9-7-11-33(39)34-12-8-10-16-40(34)44;1-28-17-19-29(20-18-28)42-36-14-6-5-13-35(36)41(37-26-23-31(27-38(37)42)43(2,3)4)30-21-24-32(25-22-30)44-39-15-9-7-11-33(39)34-12-8-10-16-40(34)44/h4-31H,1-3H3;2*5-27H,1-4H3. The van der Waals surface area contributed by atoms with Gasteiger partial charge in [0.05, 0.1) is 33.1 Å². The molecule has 0 atom stereocenters. The smallest absolute Gasteiger partial charge is 0.0541 e. The normalized spacial score (nSPS) is 12.1. The Bertz CT molecular complexity index is 8850. The highest BCUT2D eigenvalue weighted by atomic mass is 15.0. The van der Waals surface area contributed by atoms with E-state index in [9.17, 15) is 0 Å². The van der Waals surface area contributed by atoms with Crippen LogP contribution >= 0.6 is 0 Å². The van der Waals surface area contributed by atoms with Crippen molar-refractivity contribution < 1.29 is 0 Å². The van der Waals surface area contributed by atoms with Gasteiger partial charge in [0.25, 0.3) is 0 Å². The number of fused-ring (bicyclic) bond motifs is 15. The average molecular weight is 1760 g/mol. The van der Waals surface area contributed by atoms with Crippen molar-refractivity contribution >= 4 is 130 Å². The molecule has 3 heterocycles. The highest BCUT2D eigenvalue weighted by Gasteiger charge is 2.27. The molecule has 0 aliphatic rings. The van der Waals surface area contributed by atoms with E-state index >= 15 is 0 Å². The van der Waals surface area contributed by atoms with Gasteiger partial charge >= 0.3 is 0 Å². The van der Waals surface area contributed by atoms with Crippen LogP contribution in [0.25, 0.3) is 225 Å². The lowest BCUT2D eigenvalue weighted by atomic mass is 9.81. The number of nitrogens with zero attached hydrogens (tertiary/aromatic N) is 3. The fourth-order valence-electron chi connectivity index (χ4n) is 21.7. The molecule has 0 fully saturated rings. The summed E-state index contributed by atoms with van der Waals surface area (Å²) in [5.41, 5.74) is 35.4. The van der Waals surface area contributed by atoms with E-state index in [4.69, 9.17) is 0 Å². The van der Waals surface area contributed by atoms with Crippen LogP contribution in [0.1, 0.15) is 90.1 Å². The fourth-order valence-corrected chi connectivity index (χ4v) is 21.7. The second kappa shape index (κ2) is 34.1. The van der Waals surface area contributed by atoms with Crippen molar-refractivity contribution in [2.24, 2.45) is 0 Å². The zero-order valence-electron chi connectivity index (χ0n) is 79.6. The fraction of sp³-hybridized carbons (Fsp3) is 0.104. The maximum absolute atomic E-state index is 2.44. The van der Waals surface area contributed by atoms with Crippen LogP contribution in [0.5, 0.6) is 0 Å². The number of hydrogen-bond donors (Lipinski definition) is 0. The first-order chi connectivity index (χ1) is 66.7. The van der Waals surface area contributed by atoms with Gasteiger partial charge in [0, 0.05) is 49.4 Å². The predicted molar refractivity (Wildman–Crippen MR) is 591 cm³/mol. The summed E-state index contributed by atoms with van der Waals surface area (Å²) in [6.07, 6.45) is 0. The van der Waals surface area contributed by atoms with Crippen molar-refractivity contribution in [3.63, 3.8) is 0 Å². The van der Waals surface area contributed by atoms with Gasteiger partial charge in [-0.1, -0.05) is 437 Å². The number of aromatic nitrogens is 3. The molecule has 0 bridgehead atoms. The first-order valence-electron chi connectivity index (χ1n) is 48.3. The van der Waals surface area contributed by atoms with Gasteiger partial charge in [-0.05, 0) is 274 Å². The Morgan fingerprint density at radius 3 is 0.613 bits per heavy atom. The van der Waals surface area contributed by atoms with E-state index in [0.717, 1.165) is 0 Å². The van der Waals surface area contributed by atoms with E-state index in [1.165, 1.54) is 253 Å².